The summed E-state index contributed by atoms with van der Waals surface area (Å²) in [5.74, 6) is -3.42. The summed E-state index contributed by atoms with van der Waals surface area (Å²) in [5, 5.41) is 22.8. The Kier molecular flexibility index (Phi) is 23.1. The second-order valence-electron chi connectivity index (χ2n) is 27.9. The average molecular weight is 1440 g/mol. The Morgan fingerprint density at radius 2 is 0.796 bits per heavy atom. The number of carbonyl (C=O) groups is 4. The summed E-state index contributed by atoms with van der Waals surface area (Å²) >= 11 is 0. The molecule has 0 unspecified atom stereocenters. The van der Waals surface area contributed by atoms with Gasteiger partial charge in [0.25, 0.3) is 0 Å². The summed E-state index contributed by atoms with van der Waals surface area (Å²) in [6.07, 6.45) is 8.57. The number of alkyl halides is 9. The number of pyridine rings is 3. The molecule has 6 atom stereocenters. The monoisotopic (exact) mass is 1440 g/mol. The lowest BCUT2D eigenvalue weighted by Gasteiger charge is -2.31. The predicted molar refractivity (Wildman–Crippen MR) is 367 cm³/mol. The van der Waals surface area contributed by atoms with E-state index in [9.17, 15) is 63.8 Å². The number of Topliss-reactive ketones (excluding diaryl/α,β-unsaturated/α-hetero) is 3. The third-order valence-electron chi connectivity index (χ3n) is 19.2. The van der Waals surface area contributed by atoms with Gasteiger partial charge in [-0.2, -0.15) is 41.6 Å². The molecule has 0 amide bonds. The van der Waals surface area contributed by atoms with E-state index < -0.39 is 84.3 Å². The van der Waals surface area contributed by atoms with Crippen molar-refractivity contribution in [2.45, 2.75) is 149 Å². The maximum Gasteiger partial charge on any atom is 0.387 e. The number of benzene rings is 3. The molecule has 3 fully saturated rings. The number of aromatic nitrogens is 6. The molecule has 0 saturated heterocycles. The minimum atomic E-state index is -3.16. The van der Waals surface area contributed by atoms with Crippen molar-refractivity contribution in [2.24, 2.45) is 17.8 Å². The molecule has 0 aliphatic heterocycles. The first-order chi connectivity index (χ1) is 48.9. The Bertz CT molecular complexity index is 4590. The van der Waals surface area contributed by atoms with Crippen LogP contribution in [0.2, 0.25) is 0 Å². The number of hydrogen-bond acceptors (Lipinski definition) is 15. The van der Waals surface area contributed by atoms with Crippen molar-refractivity contribution in [1.29, 1.82) is 0 Å². The predicted octanol–water partition coefficient (Wildman–Crippen LogP) is 16.0. The molecule has 3 aliphatic rings. The molecular weight excluding hydrogens is 1360 g/mol. The van der Waals surface area contributed by atoms with Crippen LogP contribution in [0.4, 0.5) is 39.5 Å². The topological polar surface area (TPSA) is 199 Å². The Morgan fingerprint density at radius 3 is 1.07 bits per heavy atom. The van der Waals surface area contributed by atoms with Crippen molar-refractivity contribution in [3.8, 4) is 67.9 Å². The zero-order valence-corrected chi connectivity index (χ0v) is 58.8. The van der Waals surface area contributed by atoms with E-state index in [1.54, 1.807) is 88.7 Å². The molecule has 3 aliphatic carbocycles. The molecule has 1 N–H and O–H groups in total. The van der Waals surface area contributed by atoms with Crippen LogP contribution in [0.15, 0.2) is 110 Å². The van der Waals surface area contributed by atoms with Crippen molar-refractivity contribution < 1.29 is 92.2 Å². The van der Waals surface area contributed by atoms with Gasteiger partial charge >= 0.3 is 19.8 Å². The number of likely N-dealkylation sites (N-methyl/N-ethyl adjacent to an activating group) is 1. The van der Waals surface area contributed by atoms with Gasteiger partial charge in [0.2, 0.25) is 0 Å². The number of fused-ring (bicyclic) bond motifs is 3. The molecule has 103 heavy (non-hydrogen) atoms. The molecular formula is C76H82F9N7O11. The summed E-state index contributed by atoms with van der Waals surface area (Å²) in [6.45, 7) is 9.37. The standard InChI is InChI=1S/C28H34F3N3O3.C24H25F3N2O4.C24H23F3N2O4/c1-6-33(7-2)16-28(3,4)19-8-9-22-20(14-32-34(22)15-19)17-12-24(36-5)26(25(13-17)37-27(30)31)23(35)11-18-10-21(18)29;2*1-24(2,12-30)15-4-5-18-16(10-28-29(18)11-15)13-8-20(32-3)22(21(9-13)33-23(26)27)19(31)7-14-6-17(14)25/h8-9,12-15,18,21,27H,6-7,10-11,16H2,1-5H3;4-5,8-11,14,17,23,30H,6-7,12H2,1-3H3;4-5,8-12,14,17,23H,6-7H2,1-3H3/t18-,21-;2*14-,17-/m000/s1. The molecule has 0 radical (unpaired) electrons. The highest BCUT2D eigenvalue weighted by atomic mass is 19.3. The number of ketones is 3. The lowest BCUT2D eigenvalue weighted by atomic mass is 9.85. The zero-order chi connectivity index (χ0) is 74.7. The Balaban J connectivity index is 0.000000166. The van der Waals surface area contributed by atoms with E-state index in [1.165, 1.54) is 39.5 Å². The summed E-state index contributed by atoms with van der Waals surface area (Å²) in [6, 6.07) is 20.1. The number of methoxy groups -OCH3 is 3. The van der Waals surface area contributed by atoms with Crippen LogP contribution < -0.4 is 28.4 Å². The fourth-order valence-corrected chi connectivity index (χ4v) is 12.5. The number of aldehydes is 1. The van der Waals surface area contributed by atoms with E-state index in [0.717, 1.165) is 48.1 Å². The highest BCUT2D eigenvalue weighted by molar-refractivity contribution is 6.05. The summed E-state index contributed by atoms with van der Waals surface area (Å²) < 4.78 is 155. The van der Waals surface area contributed by atoms with Gasteiger partial charge < -0.3 is 43.2 Å². The van der Waals surface area contributed by atoms with Crippen LogP contribution in [0, 0.1) is 17.8 Å². The second-order valence-corrected chi connectivity index (χ2v) is 27.9. The number of rotatable bonds is 30. The normalized spacial score (nSPS) is 17.8. The molecule has 12 rings (SSSR count). The average Bonchev–Trinajstić information content (AvgIpc) is 1.72. The van der Waals surface area contributed by atoms with Crippen molar-refractivity contribution in [2.75, 3.05) is 47.6 Å². The zero-order valence-electron chi connectivity index (χ0n) is 58.8. The Hall–Kier alpha value is -9.50. The van der Waals surface area contributed by atoms with Gasteiger partial charge in [-0.25, -0.2) is 26.7 Å². The van der Waals surface area contributed by atoms with E-state index >= 15 is 0 Å². The molecule has 18 nitrogen and oxygen atoms in total. The van der Waals surface area contributed by atoms with E-state index in [0.29, 0.717) is 50.8 Å². The second kappa shape index (κ2) is 31.2. The lowest BCUT2D eigenvalue weighted by Crippen LogP contribution is -2.37. The maximum atomic E-state index is 13.4. The fraction of sp³-hybridized carbons (Fsp3) is 0.434. The first-order valence-electron chi connectivity index (χ1n) is 33.6. The van der Waals surface area contributed by atoms with Crippen LogP contribution in [0.5, 0.6) is 34.5 Å². The smallest absolute Gasteiger partial charge is 0.387 e. The number of hydrogen-bond donors (Lipinski definition) is 1. The van der Waals surface area contributed by atoms with Crippen LogP contribution in [-0.2, 0) is 21.0 Å². The number of halogens is 9. The van der Waals surface area contributed by atoms with Crippen LogP contribution in [0.3, 0.4) is 0 Å². The number of aliphatic hydroxyl groups excluding tert-OH is 1. The SMILES string of the molecule is CCN(CC)CC(C)(C)c1ccc2c(-c3cc(OC)c(C(=O)C[C@@H]4C[C@@H]4F)c(OC(F)F)c3)cnn2c1.COc1cc(-c2cnn3cc(C(C)(C)C=O)ccc23)cc(OC(F)F)c1C(=O)C[C@@H]1C[C@@H]1F.COc1cc(-c2cnn3cc(C(C)(C)CO)ccc23)cc(OC(F)F)c1C(=O)C[C@@H]1C[C@@H]1F. The minimum Gasteiger partial charge on any atom is -0.496 e. The lowest BCUT2D eigenvalue weighted by molar-refractivity contribution is -0.111. The van der Waals surface area contributed by atoms with Gasteiger partial charge in [0.05, 0.1) is 63.1 Å². The minimum absolute atomic E-state index is 0.0440. The fourth-order valence-electron chi connectivity index (χ4n) is 12.5. The van der Waals surface area contributed by atoms with Crippen LogP contribution in [0.1, 0.15) is 142 Å². The Morgan fingerprint density at radius 1 is 0.505 bits per heavy atom. The number of nitrogens with zero attached hydrogens (tertiary/aromatic N) is 7. The third-order valence-corrected chi connectivity index (χ3v) is 19.2. The molecule has 27 heteroatoms. The number of aliphatic hydroxyl groups is 1. The molecule has 0 spiro atoms. The molecule has 6 aromatic heterocycles. The van der Waals surface area contributed by atoms with E-state index in [1.807, 2.05) is 38.2 Å². The maximum absolute atomic E-state index is 13.4. The summed E-state index contributed by atoms with van der Waals surface area (Å²) in [4.78, 5) is 52.2. The van der Waals surface area contributed by atoms with Gasteiger partial charge in [0, 0.05) is 95.1 Å². The van der Waals surface area contributed by atoms with Gasteiger partial charge in [-0.1, -0.05) is 59.7 Å². The van der Waals surface area contributed by atoms with Crippen LogP contribution in [0.25, 0.3) is 49.9 Å². The molecule has 550 valence electrons. The largest absolute Gasteiger partial charge is 0.496 e. The molecule has 0 bridgehead atoms. The van der Waals surface area contributed by atoms with Crippen LogP contribution in [-0.4, -0.2) is 148 Å². The first kappa shape index (κ1) is 76.1. The van der Waals surface area contributed by atoms with Crippen molar-refractivity contribution >= 4 is 40.2 Å². The Labute approximate surface area is 589 Å². The van der Waals surface area contributed by atoms with E-state index in [4.69, 9.17) is 18.9 Å². The highest BCUT2D eigenvalue weighted by Crippen LogP contribution is 2.47. The van der Waals surface area contributed by atoms with Gasteiger partial charge in [-0.05, 0) is 134 Å². The molecule has 9 aromatic rings. The van der Waals surface area contributed by atoms with Crippen molar-refractivity contribution in [3.63, 3.8) is 0 Å². The molecule has 3 saturated carbocycles. The highest BCUT2D eigenvalue weighted by Gasteiger charge is 2.43. The summed E-state index contributed by atoms with van der Waals surface area (Å²) in [5.41, 5.74) is 6.55. The van der Waals surface area contributed by atoms with Gasteiger partial charge in [0.1, 0.15) is 76.0 Å². The van der Waals surface area contributed by atoms with Gasteiger partial charge in [-0.15, -0.1) is 0 Å². The quantitative estimate of drug-likeness (QED) is 0.0253. The van der Waals surface area contributed by atoms with Gasteiger partial charge in [0.15, 0.2) is 17.3 Å². The molecule has 3 aromatic carbocycles. The summed E-state index contributed by atoms with van der Waals surface area (Å²) in [7, 11) is 4.01. The van der Waals surface area contributed by atoms with Crippen LogP contribution >= 0.6 is 0 Å². The first-order valence-corrected chi connectivity index (χ1v) is 33.6. The van der Waals surface area contributed by atoms with E-state index in [2.05, 4.69) is 63.4 Å². The van der Waals surface area contributed by atoms with Crippen molar-refractivity contribution in [3.05, 3.63) is 143 Å². The van der Waals surface area contributed by atoms with Gasteiger partial charge in [-0.3, -0.25) is 14.4 Å². The van der Waals surface area contributed by atoms with Crippen molar-refractivity contribution in [1.82, 2.24) is 33.7 Å². The molecule has 6 heterocycles. The number of ether oxygens (including phenoxy) is 6. The number of carbonyl (C=O) groups excluding carboxylic acids is 4. The third kappa shape index (κ3) is 17.3. The van der Waals surface area contributed by atoms with E-state index in [-0.39, 0.29) is 95.3 Å².